The second-order valence-electron chi connectivity index (χ2n) is 5.01. The number of ether oxygens (including phenoxy) is 2. The van der Waals surface area contributed by atoms with Crippen LogP contribution in [0, 0.1) is 0 Å². The first-order valence-corrected chi connectivity index (χ1v) is 7.77. The Balaban J connectivity index is 2.16. The van der Waals surface area contributed by atoms with Gasteiger partial charge in [0, 0.05) is 18.7 Å². The van der Waals surface area contributed by atoms with Crippen LogP contribution < -0.4 is 9.47 Å². The zero-order chi connectivity index (χ0) is 14.4. The monoisotopic (exact) mass is 293 g/mol. The molecule has 1 saturated heterocycles. The number of likely N-dealkylation sites (tertiary alicyclic amines) is 1. The molecule has 110 valence electrons. The number of hydrogen-bond donors (Lipinski definition) is 0. The van der Waals surface area contributed by atoms with Crippen molar-refractivity contribution in [2.45, 2.75) is 32.6 Å². The van der Waals surface area contributed by atoms with Crippen molar-refractivity contribution in [1.82, 2.24) is 4.90 Å². The van der Waals surface area contributed by atoms with Gasteiger partial charge in [-0.2, -0.15) is 0 Å². The minimum atomic E-state index is 0.631. The number of benzene rings is 1. The molecule has 1 aromatic carbocycles. The van der Waals surface area contributed by atoms with Crippen molar-refractivity contribution in [1.29, 1.82) is 0 Å². The lowest BCUT2D eigenvalue weighted by Gasteiger charge is -2.24. The van der Waals surface area contributed by atoms with Crippen molar-refractivity contribution in [3.05, 3.63) is 23.8 Å². The summed E-state index contributed by atoms with van der Waals surface area (Å²) in [7, 11) is 1.66. The summed E-state index contributed by atoms with van der Waals surface area (Å²) in [6, 6.07) is 5.96. The summed E-state index contributed by atoms with van der Waals surface area (Å²) >= 11 is 5.65. The predicted octanol–water partition coefficient (Wildman–Crippen LogP) is 3.65. The first-order valence-electron chi connectivity index (χ1n) is 7.36. The van der Waals surface area contributed by atoms with E-state index >= 15 is 0 Å². The molecule has 0 spiro atoms. The topological polar surface area (TPSA) is 21.7 Å². The molecule has 1 heterocycles. The summed E-state index contributed by atoms with van der Waals surface area (Å²) in [5, 5.41) is 0. The third kappa shape index (κ3) is 3.63. The predicted molar refractivity (Wildman–Crippen MR) is 85.9 cm³/mol. The van der Waals surface area contributed by atoms with Gasteiger partial charge < -0.3 is 14.4 Å². The van der Waals surface area contributed by atoms with Crippen LogP contribution in [-0.2, 0) is 0 Å². The van der Waals surface area contributed by atoms with E-state index in [1.807, 2.05) is 25.1 Å². The zero-order valence-corrected chi connectivity index (χ0v) is 13.2. The standard InChI is InChI=1S/C16H23NO2S/c1-3-19-14-9-8-13(12-15(14)18-2)16(20)17-10-6-4-5-7-11-17/h8-9,12H,3-7,10-11H2,1-2H3. The van der Waals surface area contributed by atoms with Crippen LogP contribution in [0.15, 0.2) is 18.2 Å². The molecule has 4 heteroatoms. The molecule has 3 nitrogen and oxygen atoms in total. The molecule has 20 heavy (non-hydrogen) atoms. The summed E-state index contributed by atoms with van der Waals surface area (Å²) in [6.07, 6.45) is 5.08. The Kier molecular flexibility index (Phi) is 5.65. The largest absolute Gasteiger partial charge is 0.493 e. The number of nitrogens with zero attached hydrogens (tertiary/aromatic N) is 1. The van der Waals surface area contributed by atoms with Gasteiger partial charge in [0.25, 0.3) is 0 Å². The van der Waals surface area contributed by atoms with Crippen LogP contribution in [0.1, 0.15) is 38.2 Å². The van der Waals surface area contributed by atoms with Gasteiger partial charge in [0.2, 0.25) is 0 Å². The van der Waals surface area contributed by atoms with Crippen LogP contribution in [0.2, 0.25) is 0 Å². The maximum Gasteiger partial charge on any atom is 0.161 e. The molecule has 0 N–H and O–H groups in total. The smallest absolute Gasteiger partial charge is 0.161 e. The van der Waals surface area contributed by atoms with Crippen molar-refractivity contribution in [2.75, 3.05) is 26.8 Å². The Morgan fingerprint density at radius 3 is 2.45 bits per heavy atom. The molecule has 2 rings (SSSR count). The minimum absolute atomic E-state index is 0.631. The minimum Gasteiger partial charge on any atom is -0.493 e. The summed E-state index contributed by atoms with van der Waals surface area (Å²) in [6.45, 7) is 4.73. The summed E-state index contributed by atoms with van der Waals surface area (Å²) in [5.41, 5.74) is 1.04. The molecule has 1 aliphatic rings. The molecular weight excluding hydrogens is 270 g/mol. The van der Waals surface area contributed by atoms with Gasteiger partial charge in [-0.3, -0.25) is 0 Å². The molecule has 0 saturated carbocycles. The molecule has 1 aliphatic heterocycles. The lowest BCUT2D eigenvalue weighted by Crippen LogP contribution is -2.31. The van der Waals surface area contributed by atoms with Crippen LogP contribution in [0.25, 0.3) is 0 Å². The normalized spacial score (nSPS) is 15.6. The van der Waals surface area contributed by atoms with E-state index in [1.165, 1.54) is 25.7 Å². The number of thiocarbonyl (C=S) groups is 1. The van der Waals surface area contributed by atoms with Crippen LogP contribution >= 0.6 is 12.2 Å². The Bertz CT molecular complexity index is 454. The molecule has 0 bridgehead atoms. The molecule has 1 fully saturated rings. The van der Waals surface area contributed by atoms with Gasteiger partial charge >= 0.3 is 0 Å². The molecular formula is C16H23NO2S. The third-order valence-electron chi connectivity index (χ3n) is 3.60. The van der Waals surface area contributed by atoms with Crippen LogP contribution in [0.3, 0.4) is 0 Å². The van der Waals surface area contributed by atoms with Gasteiger partial charge in [-0.05, 0) is 38.0 Å². The summed E-state index contributed by atoms with van der Waals surface area (Å²) < 4.78 is 10.9. The van der Waals surface area contributed by atoms with E-state index in [-0.39, 0.29) is 0 Å². The Hall–Kier alpha value is -1.29. The van der Waals surface area contributed by atoms with E-state index in [0.717, 1.165) is 35.1 Å². The van der Waals surface area contributed by atoms with Crippen molar-refractivity contribution < 1.29 is 9.47 Å². The van der Waals surface area contributed by atoms with Crippen LogP contribution in [0.5, 0.6) is 11.5 Å². The highest BCUT2D eigenvalue weighted by molar-refractivity contribution is 7.80. The van der Waals surface area contributed by atoms with Gasteiger partial charge in [-0.25, -0.2) is 0 Å². The maximum absolute atomic E-state index is 5.65. The number of methoxy groups -OCH3 is 1. The molecule has 0 unspecified atom stereocenters. The van der Waals surface area contributed by atoms with Crippen LogP contribution in [-0.4, -0.2) is 36.7 Å². The van der Waals surface area contributed by atoms with Gasteiger partial charge in [-0.1, -0.05) is 25.1 Å². The SMILES string of the molecule is CCOc1ccc(C(=S)N2CCCCCC2)cc1OC. The van der Waals surface area contributed by atoms with Crippen molar-refractivity contribution in [3.63, 3.8) is 0 Å². The lowest BCUT2D eigenvalue weighted by atomic mass is 10.1. The first kappa shape index (κ1) is 15.1. The van der Waals surface area contributed by atoms with Gasteiger partial charge in [0.1, 0.15) is 4.99 Å². The lowest BCUT2D eigenvalue weighted by molar-refractivity contribution is 0.311. The molecule has 1 aromatic rings. The van der Waals surface area contributed by atoms with Gasteiger partial charge in [0.15, 0.2) is 11.5 Å². The molecule has 0 aromatic heterocycles. The van der Waals surface area contributed by atoms with E-state index in [0.29, 0.717) is 6.61 Å². The molecule has 0 aliphatic carbocycles. The average molecular weight is 293 g/mol. The Morgan fingerprint density at radius 2 is 1.85 bits per heavy atom. The van der Waals surface area contributed by atoms with Crippen molar-refractivity contribution >= 4 is 17.2 Å². The zero-order valence-electron chi connectivity index (χ0n) is 12.4. The number of hydrogen-bond acceptors (Lipinski definition) is 3. The average Bonchev–Trinajstić information content (AvgIpc) is 2.76. The van der Waals surface area contributed by atoms with Crippen molar-refractivity contribution in [3.8, 4) is 11.5 Å². The van der Waals surface area contributed by atoms with E-state index in [2.05, 4.69) is 4.90 Å². The number of rotatable bonds is 4. The quantitative estimate of drug-likeness (QED) is 0.790. The van der Waals surface area contributed by atoms with Crippen LogP contribution in [0.4, 0.5) is 0 Å². The highest BCUT2D eigenvalue weighted by atomic mass is 32.1. The van der Waals surface area contributed by atoms with E-state index < -0.39 is 0 Å². The van der Waals surface area contributed by atoms with E-state index in [9.17, 15) is 0 Å². The summed E-state index contributed by atoms with van der Waals surface area (Å²) in [4.78, 5) is 3.24. The summed E-state index contributed by atoms with van der Waals surface area (Å²) in [5.74, 6) is 1.53. The second-order valence-corrected chi connectivity index (χ2v) is 5.39. The molecule has 0 radical (unpaired) electrons. The van der Waals surface area contributed by atoms with E-state index in [4.69, 9.17) is 21.7 Å². The van der Waals surface area contributed by atoms with Crippen molar-refractivity contribution in [2.24, 2.45) is 0 Å². The Labute approximate surface area is 126 Å². The second kappa shape index (κ2) is 7.48. The third-order valence-corrected chi connectivity index (χ3v) is 4.10. The van der Waals surface area contributed by atoms with E-state index in [1.54, 1.807) is 7.11 Å². The molecule has 0 amide bonds. The fourth-order valence-electron chi connectivity index (χ4n) is 2.53. The molecule has 0 atom stereocenters. The first-order chi connectivity index (χ1) is 9.76. The highest BCUT2D eigenvalue weighted by Gasteiger charge is 2.15. The Morgan fingerprint density at radius 1 is 1.15 bits per heavy atom. The fourth-order valence-corrected chi connectivity index (χ4v) is 2.84. The fraction of sp³-hybridized carbons (Fsp3) is 0.562. The highest BCUT2D eigenvalue weighted by Crippen LogP contribution is 2.29. The maximum atomic E-state index is 5.65. The van der Waals surface area contributed by atoms with Gasteiger partial charge in [-0.15, -0.1) is 0 Å². The van der Waals surface area contributed by atoms with Gasteiger partial charge in [0.05, 0.1) is 13.7 Å².